The molecule has 28 heavy (non-hydrogen) atoms. The molecular formula is C21H25N5O2. The van der Waals surface area contributed by atoms with Gasteiger partial charge in [0, 0.05) is 13.1 Å². The highest BCUT2D eigenvalue weighted by Gasteiger charge is 2.19. The fourth-order valence-corrected chi connectivity index (χ4v) is 3.53. The molecule has 0 aliphatic carbocycles. The van der Waals surface area contributed by atoms with E-state index in [1.54, 1.807) is 11.6 Å². The van der Waals surface area contributed by atoms with Crippen LogP contribution in [0.25, 0.3) is 16.7 Å². The van der Waals surface area contributed by atoms with Gasteiger partial charge in [0.2, 0.25) is 5.78 Å². The van der Waals surface area contributed by atoms with E-state index in [4.69, 9.17) is 4.42 Å². The van der Waals surface area contributed by atoms with E-state index in [1.165, 1.54) is 0 Å². The monoisotopic (exact) mass is 379 g/mol. The Hall–Kier alpha value is -2.93. The lowest BCUT2D eigenvalue weighted by atomic mass is 10.1. The van der Waals surface area contributed by atoms with Gasteiger partial charge in [0.1, 0.15) is 11.5 Å². The number of hydrogen-bond acceptors (Lipinski definition) is 5. The topological polar surface area (TPSA) is 68.6 Å². The van der Waals surface area contributed by atoms with E-state index in [2.05, 4.69) is 28.9 Å². The number of nitrogens with zero attached hydrogens (tertiary/aromatic N) is 5. The summed E-state index contributed by atoms with van der Waals surface area (Å²) in [6.45, 7) is 9.52. The van der Waals surface area contributed by atoms with Gasteiger partial charge in [-0.25, -0.2) is 0 Å². The fraction of sp³-hybridized carbons (Fsp3) is 0.381. The molecule has 3 aromatic heterocycles. The Kier molecular flexibility index (Phi) is 4.55. The van der Waals surface area contributed by atoms with E-state index >= 15 is 0 Å². The molecule has 7 heteroatoms. The van der Waals surface area contributed by atoms with Crippen molar-refractivity contribution in [3.8, 4) is 0 Å². The molecule has 0 atom stereocenters. The van der Waals surface area contributed by atoms with E-state index in [1.807, 2.05) is 48.6 Å². The third-order valence-electron chi connectivity index (χ3n) is 5.17. The average Bonchev–Trinajstić information content (AvgIpc) is 3.25. The summed E-state index contributed by atoms with van der Waals surface area (Å²) < 4.78 is 9.31. The molecule has 0 unspecified atom stereocenters. The van der Waals surface area contributed by atoms with E-state index in [9.17, 15) is 4.79 Å². The first-order chi connectivity index (χ1) is 13.3. The number of benzene rings is 1. The van der Waals surface area contributed by atoms with E-state index in [-0.39, 0.29) is 5.56 Å². The van der Waals surface area contributed by atoms with Crippen LogP contribution in [0.3, 0.4) is 0 Å². The van der Waals surface area contributed by atoms with Crippen LogP contribution < -0.4 is 5.56 Å². The molecule has 0 aliphatic rings. The molecule has 3 heterocycles. The zero-order valence-electron chi connectivity index (χ0n) is 16.9. The van der Waals surface area contributed by atoms with Gasteiger partial charge in [-0.1, -0.05) is 11.6 Å². The van der Waals surface area contributed by atoms with Crippen molar-refractivity contribution in [3.63, 3.8) is 0 Å². The largest absolute Gasteiger partial charge is 0.465 e. The minimum atomic E-state index is -0.0584. The van der Waals surface area contributed by atoms with Crippen LogP contribution in [0, 0.1) is 13.8 Å². The van der Waals surface area contributed by atoms with Crippen molar-refractivity contribution in [1.82, 2.24) is 24.1 Å². The maximum Gasteiger partial charge on any atom is 0.262 e. The van der Waals surface area contributed by atoms with E-state index < -0.39 is 0 Å². The molecular weight excluding hydrogens is 354 g/mol. The molecule has 0 bridgehead atoms. The van der Waals surface area contributed by atoms with Crippen molar-refractivity contribution < 1.29 is 4.42 Å². The molecule has 0 spiro atoms. The number of aromatic nitrogens is 4. The Bertz CT molecular complexity index is 1210. The van der Waals surface area contributed by atoms with E-state index in [0.29, 0.717) is 30.3 Å². The van der Waals surface area contributed by atoms with Gasteiger partial charge in [-0.2, -0.15) is 0 Å². The Labute approximate surface area is 163 Å². The third kappa shape index (κ3) is 3.11. The number of aryl methyl sites for hydroxylation is 3. The average molecular weight is 379 g/mol. The van der Waals surface area contributed by atoms with E-state index in [0.717, 1.165) is 28.4 Å². The highest BCUT2D eigenvalue weighted by molar-refractivity contribution is 5.81. The summed E-state index contributed by atoms with van der Waals surface area (Å²) in [6, 6.07) is 10.2. The van der Waals surface area contributed by atoms with Crippen LogP contribution >= 0.6 is 0 Å². The number of rotatable bonds is 5. The van der Waals surface area contributed by atoms with Crippen LogP contribution in [0.4, 0.5) is 0 Å². The fourth-order valence-electron chi connectivity index (χ4n) is 3.53. The van der Waals surface area contributed by atoms with Crippen molar-refractivity contribution in [3.05, 3.63) is 63.6 Å². The molecule has 0 amide bonds. The minimum absolute atomic E-state index is 0.0584. The molecule has 1 aromatic carbocycles. The molecule has 4 aromatic rings. The lowest BCUT2D eigenvalue weighted by molar-refractivity contribution is 0.182. The summed E-state index contributed by atoms with van der Waals surface area (Å²) >= 11 is 0. The molecule has 0 N–H and O–H groups in total. The van der Waals surface area contributed by atoms with Gasteiger partial charge < -0.3 is 4.42 Å². The first-order valence-corrected chi connectivity index (χ1v) is 9.48. The van der Waals surface area contributed by atoms with Gasteiger partial charge in [-0.3, -0.25) is 18.7 Å². The van der Waals surface area contributed by atoms with Crippen LogP contribution in [0.5, 0.6) is 0 Å². The van der Waals surface area contributed by atoms with Crippen molar-refractivity contribution in [2.45, 2.75) is 46.8 Å². The highest BCUT2D eigenvalue weighted by Crippen LogP contribution is 2.19. The van der Waals surface area contributed by atoms with Crippen LogP contribution in [-0.4, -0.2) is 30.1 Å². The van der Waals surface area contributed by atoms with Gasteiger partial charge in [-0.15, -0.1) is 10.2 Å². The molecule has 0 saturated carbocycles. The van der Waals surface area contributed by atoms with Crippen LogP contribution in [0.15, 0.2) is 39.5 Å². The number of furan rings is 1. The zero-order valence-corrected chi connectivity index (χ0v) is 16.9. The molecule has 0 aliphatic heterocycles. The summed E-state index contributed by atoms with van der Waals surface area (Å²) in [5.74, 6) is 3.18. The Balaban J connectivity index is 1.82. The molecule has 146 valence electrons. The smallest absolute Gasteiger partial charge is 0.262 e. The Morgan fingerprint density at radius 1 is 1.11 bits per heavy atom. The molecule has 4 rings (SSSR count). The SMILES string of the molecule is Cc1ccc2c(c1)c(=O)n(C)c1nnc(CN(Cc3ccc(C)o3)C(C)C)n21. The van der Waals surface area contributed by atoms with Crippen molar-refractivity contribution >= 4 is 16.7 Å². The summed E-state index contributed by atoms with van der Waals surface area (Å²) in [5, 5.41) is 9.40. The normalized spacial score (nSPS) is 12.1. The Morgan fingerprint density at radius 3 is 2.57 bits per heavy atom. The first kappa shape index (κ1) is 18.4. The number of hydrogen-bond donors (Lipinski definition) is 0. The molecule has 7 nitrogen and oxygen atoms in total. The summed E-state index contributed by atoms with van der Waals surface area (Å²) in [7, 11) is 1.74. The maximum absolute atomic E-state index is 12.7. The van der Waals surface area contributed by atoms with Gasteiger partial charge in [0.05, 0.1) is 24.0 Å². The molecule has 0 radical (unpaired) electrons. The summed E-state index contributed by atoms with van der Waals surface area (Å²) in [4.78, 5) is 15.0. The van der Waals surface area contributed by atoms with Crippen LogP contribution in [0.2, 0.25) is 0 Å². The lowest BCUT2D eigenvalue weighted by Crippen LogP contribution is -2.31. The third-order valence-corrected chi connectivity index (χ3v) is 5.17. The quantitative estimate of drug-likeness (QED) is 0.533. The minimum Gasteiger partial charge on any atom is -0.465 e. The van der Waals surface area contributed by atoms with Crippen molar-refractivity contribution in [2.24, 2.45) is 7.05 Å². The van der Waals surface area contributed by atoms with Crippen molar-refractivity contribution in [1.29, 1.82) is 0 Å². The first-order valence-electron chi connectivity index (χ1n) is 9.48. The van der Waals surface area contributed by atoms with Gasteiger partial charge >= 0.3 is 0 Å². The van der Waals surface area contributed by atoms with Crippen LogP contribution in [-0.2, 0) is 20.1 Å². The predicted octanol–water partition coefficient (Wildman–Crippen LogP) is 3.20. The standard InChI is InChI=1S/C21H25N5O2/c1-13(2)25(11-16-8-7-15(4)28-16)12-19-22-23-21-24(5)20(27)17-10-14(3)6-9-18(17)26(19)21/h6-10,13H,11-12H2,1-5H3. The van der Waals surface area contributed by atoms with Gasteiger partial charge in [0.25, 0.3) is 5.56 Å². The van der Waals surface area contributed by atoms with Crippen LogP contribution in [0.1, 0.15) is 36.8 Å². The predicted molar refractivity (Wildman–Crippen MR) is 108 cm³/mol. The second-order valence-corrected chi connectivity index (χ2v) is 7.65. The Morgan fingerprint density at radius 2 is 1.89 bits per heavy atom. The molecule has 0 fully saturated rings. The zero-order chi connectivity index (χ0) is 20.0. The second-order valence-electron chi connectivity index (χ2n) is 7.65. The summed E-state index contributed by atoms with van der Waals surface area (Å²) in [6.07, 6.45) is 0. The highest BCUT2D eigenvalue weighted by atomic mass is 16.3. The molecule has 0 saturated heterocycles. The summed E-state index contributed by atoms with van der Waals surface area (Å²) in [5.41, 5.74) is 1.83. The lowest BCUT2D eigenvalue weighted by Gasteiger charge is -2.24. The van der Waals surface area contributed by atoms with Gasteiger partial charge in [0.15, 0.2) is 5.82 Å². The van der Waals surface area contributed by atoms with Crippen molar-refractivity contribution in [2.75, 3.05) is 0 Å². The maximum atomic E-state index is 12.7. The van der Waals surface area contributed by atoms with Gasteiger partial charge in [-0.05, 0) is 52.0 Å². The number of fused-ring (bicyclic) bond motifs is 3. The second kappa shape index (κ2) is 6.91.